The van der Waals surface area contributed by atoms with Crippen LogP contribution in [0.3, 0.4) is 0 Å². The van der Waals surface area contributed by atoms with E-state index in [9.17, 15) is 4.79 Å². The molecule has 0 atom stereocenters. The Kier molecular flexibility index (Phi) is 3.86. The molecule has 0 aliphatic heterocycles. The quantitative estimate of drug-likeness (QED) is 0.902. The SMILES string of the molecule is O=C(Nc1ccncc1)NC1(Cc2ccccc2)CCC1. The van der Waals surface area contributed by atoms with Crippen molar-refractivity contribution in [2.24, 2.45) is 0 Å². The fourth-order valence-corrected chi connectivity index (χ4v) is 2.77. The summed E-state index contributed by atoms with van der Waals surface area (Å²) in [5, 5.41) is 6.02. The minimum absolute atomic E-state index is 0.0987. The van der Waals surface area contributed by atoms with Crippen molar-refractivity contribution in [1.82, 2.24) is 10.3 Å². The van der Waals surface area contributed by atoms with Gasteiger partial charge in [0.1, 0.15) is 0 Å². The zero-order valence-electron chi connectivity index (χ0n) is 11.9. The minimum atomic E-state index is -0.142. The summed E-state index contributed by atoms with van der Waals surface area (Å²) < 4.78 is 0. The lowest BCUT2D eigenvalue weighted by Crippen LogP contribution is -2.56. The number of aromatic nitrogens is 1. The summed E-state index contributed by atoms with van der Waals surface area (Å²) in [6.45, 7) is 0. The lowest BCUT2D eigenvalue weighted by molar-refractivity contribution is 0.183. The number of urea groups is 1. The molecule has 2 aromatic rings. The van der Waals surface area contributed by atoms with Crippen LogP contribution in [0.1, 0.15) is 24.8 Å². The molecule has 0 radical (unpaired) electrons. The normalized spacial score (nSPS) is 15.8. The highest BCUT2D eigenvalue weighted by molar-refractivity contribution is 5.89. The average Bonchev–Trinajstić information content (AvgIpc) is 2.47. The van der Waals surface area contributed by atoms with Crippen LogP contribution in [0.5, 0.6) is 0 Å². The van der Waals surface area contributed by atoms with Gasteiger partial charge >= 0.3 is 6.03 Å². The van der Waals surface area contributed by atoms with E-state index in [1.807, 2.05) is 18.2 Å². The van der Waals surface area contributed by atoms with Gasteiger partial charge in [0.2, 0.25) is 0 Å². The first-order valence-corrected chi connectivity index (χ1v) is 7.29. The van der Waals surface area contributed by atoms with Crippen LogP contribution < -0.4 is 10.6 Å². The molecule has 0 unspecified atom stereocenters. The number of benzene rings is 1. The van der Waals surface area contributed by atoms with Crippen LogP contribution >= 0.6 is 0 Å². The van der Waals surface area contributed by atoms with Crippen LogP contribution in [-0.4, -0.2) is 16.6 Å². The molecule has 1 aromatic heterocycles. The third kappa shape index (κ3) is 3.40. The van der Waals surface area contributed by atoms with Crippen molar-refractivity contribution < 1.29 is 4.79 Å². The zero-order chi connectivity index (χ0) is 14.5. The second-order valence-corrected chi connectivity index (χ2v) is 5.61. The summed E-state index contributed by atoms with van der Waals surface area (Å²) in [7, 11) is 0. The molecule has 1 aliphatic rings. The number of carbonyl (C=O) groups excluding carboxylic acids is 1. The van der Waals surface area contributed by atoms with Crippen molar-refractivity contribution in [1.29, 1.82) is 0 Å². The summed E-state index contributed by atoms with van der Waals surface area (Å²) in [6.07, 6.45) is 7.45. The van der Waals surface area contributed by atoms with Gasteiger partial charge in [-0.05, 0) is 43.4 Å². The molecule has 1 aromatic carbocycles. The molecule has 108 valence electrons. The van der Waals surface area contributed by atoms with Crippen molar-refractivity contribution in [3.05, 3.63) is 60.4 Å². The highest BCUT2D eigenvalue weighted by atomic mass is 16.2. The van der Waals surface area contributed by atoms with E-state index in [0.717, 1.165) is 24.9 Å². The summed E-state index contributed by atoms with van der Waals surface area (Å²) in [4.78, 5) is 16.1. The Morgan fingerprint density at radius 2 is 1.81 bits per heavy atom. The van der Waals surface area contributed by atoms with Crippen molar-refractivity contribution >= 4 is 11.7 Å². The third-order valence-electron chi connectivity index (χ3n) is 4.01. The van der Waals surface area contributed by atoms with Gasteiger partial charge in [-0.25, -0.2) is 4.79 Å². The molecule has 2 amide bonds. The number of nitrogens with one attached hydrogen (secondary N) is 2. The second-order valence-electron chi connectivity index (χ2n) is 5.61. The van der Waals surface area contributed by atoms with Gasteiger partial charge in [0.15, 0.2) is 0 Å². The Morgan fingerprint density at radius 3 is 2.43 bits per heavy atom. The highest BCUT2D eigenvalue weighted by Gasteiger charge is 2.38. The maximum absolute atomic E-state index is 12.2. The minimum Gasteiger partial charge on any atom is -0.332 e. The summed E-state index contributed by atoms with van der Waals surface area (Å²) >= 11 is 0. The molecule has 1 aliphatic carbocycles. The predicted octanol–water partition coefficient (Wildman–Crippen LogP) is 3.37. The smallest absolute Gasteiger partial charge is 0.319 e. The van der Waals surface area contributed by atoms with Gasteiger partial charge in [-0.2, -0.15) is 0 Å². The maximum atomic E-state index is 12.2. The van der Waals surface area contributed by atoms with Gasteiger partial charge in [-0.15, -0.1) is 0 Å². The molecule has 0 bridgehead atoms. The molecule has 2 N–H and O–H groups in total. The summed E-state index contributed by atoms with van der Waals surface area (Å²) in [6, 6.07) is 13.7. The first-order chi connectivity index (χ1) is 10.3. The Balaban J connectivity index is 1.63. The van der Waals surface area contributed by atoms with E-state index in [0.29, 0.717) is 0 Å². The van der Waals surface area contributed by atoms with Crippen LogP contribution in [0.25, 0.3) is 0 Å². The van der Waals surface area contributed by atoms with Crippen molar-refractivity contribution in [2.45, 2.75) is 31.2 Å². The third-order valence-corrected chi connectivity index (χ3v) is 4.01. The summed E-state index contributed by atoms with van der Waals surface area (Å²) in [5.74, 6) is 0. The van der Waals surface area contributed by atoms with Gasteiger partial charge in [-0.1, -0.05) is 30.3 Å². The molecule has 0 saturated heterocycles. The number of hydrogen-bond donors (Lipinski definition) is 2. The van der Waals surface area contributed by atoms with Gasteiger partial charge in [0, 0.05) is 23.6 Å². The lowest BCUT2D eigenvalue weighted by Gasteiger charge is -2.42. The van der Waals surface area contributed by atoms with Crippen molar-refractivity contribution in [3.8, 4) is 0 Å². The monoisotopic (exact) mass is 281 g/mol. The van der Waals surface area contributed by atoms with Crippen LogP contribution in [0, 0.1) is 0 Å². The fourth-order valence-electron chi connectivity index (χ4n) is 2.77. The van der Waals surface area contributed by atoms with Gasteiger partial charge < -0.3 is 10.6 Å². The number of amides is 2. The Morgan fingerprint density at radius 1 is 1.10 bits per heavy atom. The molecule has 4 heteroatoms. The first kappa shape index (κ1) is 13.6. The van der Waals surface area contributed by atoms with Gasteiger partial charge in [-0.3, -0.25) is 4.98 Å². The number of pyridine rings is 1. The Bertz CT molecular complexity index is 594. The van der Waals surface area contributed by atoms with E-state index in [1.54, 1.807) is 24.5 Å². The van der Waals surface area contributed by atoms with Crippen LogP contribution in [-0.2, 0) is 6.42 Å². The molecular weight excluding hydrogens is 262 g/mol. The van der Waals surface area contributed by atoms with E-state index in [2.05, 4.69) is 27.8 Å². The first-order valence-electron chi connectivity index (χ1n) is 7.29. The van der Waals surface area contributed by atoms with E-state index in [1.165, 1.54) is 12.0 Å². The molecule has 1 heterocycles. The van der Waals surface area contributed by atoms with Gasteiger partial charge in [0.05, 0.1) is 0 Å². The largest absolute Gasteiger partial charge is 0.332 e. The van der Waals surface area contributed by atoms with Crippen molar-refractivity contribution in [3.63, 3.8) is 0 Å². The predicted molar refractivity (Wildman–Crippen MR) is 83.1 cm³/mol. The molecule has 0 spiro atoms. The van der Waals surface area contributed by atoms with Crippen LogP contribution in [0.15, 0.2) is 54.9 Å². The van der Waals surface area contributed by atoms with Gasteiger partial charge in [0.25, 0.3) is 0 Å². The lowest BCUT2D eigenvalue weighted by atomic mass is 9.73. The average molecular weight is 281 g/mol. The van der Waals surface area contributed by atoms with Crippen LogP contribution in [0.4, 0.5) is 10.5 Å². The van der Waals surface area contributed by atoms with Crippen LogP contribution in [0.2, 0.25) is 0 Å². The number of hydrogen-bond acceptors (Lipinski definition) is 2. The number of rotatable bonds is 4. The molecule has 3 rings (SSSR count). The number of nitrogens with zero attached hydrogens (tertiary/aromatic N) is 1. The number of carbonyl (C=O) groups is 1. The number of anilines is 1. The van der Waals surface area contributed by atoms with E-state index >= 15 is 0 Å². The topological polar surface area (TPSA) is 54.0 Å². The van der Waals surface area contributed by atoms with E-state index in [4.69, 9.17) is 0 Å². The highest BCUT2D eigenvalue weighted by Crippen LogP contribution is 2.35. The Labute approximate surface area is 124 Å². The molecular formula is C17H19N3O. The Hall–Kier alpha value is -2.36. The molecule has 4 nitrogen and oxygen atoms in total. The molecule has 21 heavy (non-hydrogen) atoms. The maximum Gasteiger partial charge on any atom is 0.319 e. The van der Waals surface area contributed by atoms with E-state index < -0.39 is 0 Å². The van der Waals surface area contributed by atoms with Crippen molar-refractivity contribution in [2.75, 3.05) is 5.32 Å². The van der Waals surface area contributed by atoms with E-state index in [-0.39, 0.29) is 11.6 Å². The standard InChI is InChI=1S/C17H19N3O/c21-16(19-15-7-11-18-12-8-15)20-17(9-4-10-17)13-14-5-2-1-3-6-14/h1-3,5-8,11-12H,4,9-10,13H2,(H2,18,19,20,21). The summed E-state index contributed by atoms with van der Waals surface area (Å²) in [5.41, 5.74) is 1.93. The molecule has 1 saturated carbocycles. The zero-order valence-corrected chi connectivity index (χ0v) is 11.9. The fraction of sp³-hybridized carbons (Fsp3) is 0.294. The molecule has 1 fully saturated rings. The second kappa shape index (κ2) is 5.95.